The zero-order valence-corrected chi connectivity index (χ0v) is 11.7. The maximum absolute atomic E-state index is 5.36. The maximum Gasteiger partial charge on any atom is 0.145 e. The maximum atomic E-state index is 5.36. The number of aromatic nitrogens is 2. The van der Waals surface area contributed by atoms with E-state index in [0.29, 0.717) is 11.6 Å². The van der Waals surface area contributed by atoms with E-state index in [1.807, 2.05) is 25.1 Å². The molecule has 4 N–H and O–H groups in total. The molecule has 0 saturated heterocycles. The summed E-state index contributed by atoms with van der Waals surface area (Å²) in [6.45, 7) is 2.58. The smallest absolute Gasteiger partial charge is 0.145 e. The lowest BCUT2D eigenvalue weighted by Crippen LogP contribution is -2.12. The van der Waals surface area contributed by atoms with Crippen molar-refractivity contribution in [2.45, 2.75) is 13.3 Å². The second kappa shape index (κ2) is 6.72. The molecule has 0 spiro atoms. The molecule has 0 fully saturated rings. The van der Waals surface area contributed by atoms with Crippen molar-refractivity contribution in [1.82, 2.24) is 9.97 Å². The number of methoxy groups -OCH3 is 1. The van der Waals surface area contributed by atoms with Gasteiger partial charge in [0, 0.05) is 12.6 Å². The van der Waals surface area contributed by atoms with Gasteiger partial charge in [0.1, 0.15) is 23.2 Å². The topological polar surface area (TPSA) is 85.1 Å². The van der Waals surface area contributed by atoms with Crippen LogP contribution in [0.1, 0.15) is 11.4 Å². The van der Waals surface area contributed by atoms with Crippen molar-refractivity contribution < 1.29 is 4.74 Å². The van der Waals surface area contributed by atoms with Crippen LogP contribution >= 0.6 is 0 Å². The summed E-state index contributed by atoms with van der Waals surface area (Å²) in [4.78, 5) is 8.45. The van der Waals surface area contributed by atoms with Gasteiger partial charge in [0.15, 0.2) is 0 Å². The van der Waals surface area contributed by atoms with E-state index < -0.39 is 0 Å². The molecule has 1 aromatic carbocycles. The minimum Gasteiger partial charge on any atom is -0.496 e. The van der Waals surface area contributed by atoms with Crippen LogP contribution < -0.4 is 21.3 Å². The first-order valence-electron chi connectivity index (χ1n) is 6.41. The van der Waals surface area contributed by atoms with Crippen molar-refractivity contribution in [3.8, 4) is 5.75 Å². The molecule has 1 aromatic heterocycles. The summed E-state index contributed by atoms with van der Waals surface area (Å²) < 4.78 is 5.32. The molecular formula is C14H19N5O. The van der Waals surface area contributed by atoms with Crippen LogP contribution in [0.25, 0.3) is 0 Å². The number of nitrogen functional groups attached to an aromatic ring is 1. The SMILES string of the molecule is COc1ccccc1CCNc1cc(NN)nc(C)n1. The number of benzene rings is 1. The van der Waals surface area contributed by atoms with Gasteiger partial charge in [-0.15, -0.1) is 0 Å². The first-order chi connectivity index (χ1) is 9.72. The Balaban J connectivity index is 1.97. The van der Waals surface area contributed by atoms with Crippen molar-refractivity contribution in [2.24, 2.45) is 5.84 Å². The van der Waals surface area contributed by atoms with Crippen LogP contribution in [0.15, 0.2) is 30.3 Å². The van der Waals surface area contributed by atoms with Crippen molar-refractivity contribution in [3.63, 3.8) is 0 Å². The highest BCUT2D eigenvalue weighted by molar-refractivity contribution is 5.47. The Labute approximate surface area is 118 Å². The summed E-state index contributed by atoms with van der Waals surface area (Å²) in [5, 5.41) is 3.26. The summed E-state index contributed by atoms with van der Waals surface area (Å²) in [6.07, 6.45) is 0.846. The summed E-state index contributed by atoms with van der Waals surface area (Å²) in [6, 6.07) is 9.75. The van der Waals surface area contributed by atoms with E-state index in [9.17, 15) is 0 Å². The van der Waals surface area contributed by atoms with Gasteiger partial charge >= 0.3 is 0 Å². The Morgan fingerprint density at radius 3 is 2.70 bits per heavy atom. The number of hydrogen-bond donors (Lipinski definition) is 3. The van der Waals surface area contributed by atoms with Crippen LogP contribution in [0.3, 0.4) is 0 Å². The quantitative estimate of drug-likeness (QED) is 0.549. The molecule has 0 unspecified atom stereocenters. The van der Waals surface area contributed by atoms with E-state index in [4.69, 9.17) is 10.6 Å². The fourth-order valence-electron chi connectivity index (χ4n) is 1.97. The van der Waals surface area contributed by atoms with Crippen molar-refractivity contribution >= 4 is 11.6 Å². The highest BCUT2D eigenvalue weighted by Gasteiger charge is 2.03. The molecule has 2 aromatic rings. The van der Waals surface area contributed by atoms with Gasteiger partial charge in [0.2, 0.25) is 0 Å². The van der Waals surface area contributed by atoms with Crippen molar-refractivity contribution in [2.75, 3.05) is 24.4 Å². The van der Waals surface area contributed by atoms with E-state index >= 15 is 0 Å². The molecule has 20 heavy (non-hydrogen) atoms. The first kappa shape index (κ1) is 14.1. The van der Waals surface area contributed by atoms with Crippen molar-refractivity contribution in [1.29, 1.82) is 0 Å². The number of aryl methyl sites for hydroxylation is 1. The molecule has 6 nitrogen and oxygen atoms in total. The molecule has 0 atom stereocenters. The molecule has 0 aliphatic carbocycles. The van der Waals surface area contributed by atoms with E-state index in [1.54, 1.807) is 13.2 Å². The standard InChI is InChI=1S/C14H19N5O/c1-10-17-13(9-14(18-10)19-15)16-8-7-11-5-3-4-6-12(11)20-2/h3-6,9H,7-8,15H2,1-2H3,(H2,16,17,18,19). The van der Waals surface area contributed by atoms with Gasteiger partial charge in [-0.1, -0.05) is 18.2 Å². The summed E-state index contributed by atoms with van der Waals surface area (Å²) in [5.74, 6) is 8.27. The highest BCUT2D eigenvalue weighted by Crippen LogP contribution is 2.18. The zero-order chi connectivity index (χ0) is 14.4. The predicted molar refractivity (Wildman–Crippen MR) is 79.8 cm³/mol. The molecule has 0 saturated carbocycles. The molecule has 0 amide bonds. The lowest BCUT2D eigenvalue weighted by Gasteiger charge is -2.10. The molecule has 0 bridgehead atoms. The minimum absolute atomic E-state index is 0.595. The molecule has 0 aliphatic rings. The average Bonchev–Trinajstić information content (AvgIpc) is 2.47. The monoisotopic (exact) mass is 273 g/mol. The number of hydrogen-bond acceptors (Lipinski definition) is 6. The van der Waals surface area contributed by atoms with E-state index in [2.05, 4.69) is 26.8 Å². The Morgan fingerprint density at radius 2 is 1.95 bits per heavy atom. The molecule has 2 rings (SSSR count). The van der Waals surface area contributed by atoms with E-state index in [-0.39, 0.29) is 0 Å². The van der Waals surface area contributed by atoms with Gasteiger partial charge in [-0.2, -0.15) is 0 Å². The lowest BCUT2D eigenvalue weighted by atomic mass is 10.1. The van der Waals surface area contributed by atoms with Gasteiger partial charge in [-0.3, -0.25) is 0 Å². The fraction of sp³-hybridized carbons (Fsp3) is 0.286. The number of ether oxygens (including phenoxy) is 1. The number of nitrogens with zero attached hydrogens (tertiary/aromatic N) is 2. The van der Waals surface area contributed by atoms with E-state index in [1.165, 1.54) is 0 Å². The number of nitrogens with one attached hydrogen (secondary N) is 2. The van der Waals surface area contributed by atoms with Gasteiger partial charge < -0.3 is 15.5 Å². The third-order valence-corrected chi connectivity index (χ3v) is 2.88. The number of rotatable bonds is 6. The largest absolute Gasteiger partial charge is 0.496 e. The second-order valence-corrected chi connectivity index (χ2v) is 4.32. The Morgan fingerprint density at radius 1 is 1.20 bits per heavy atom. The van der Waals surface area contributed by atoms with Crippen LogP contribution in [0, 0.1) is 6.92 Å². The van der Waals surface area contributed by atoms with Crippen LogP contribution in [-0.4, -0.2) is 23.6 Å². The predicted octanol–water partition coefficient (Wildman–Crippen LogP) is 1.73. The number of nitrogens with two attached hydrogens (primary N) is 1. The molecule has 0 aliphatic heterocycles. The Kier molecular flexibility index (Phi) is 4.73. The number of anilines is 2. The summed E-state index contributed by atoms with van der Waals surface area (Å²) >= 11 is 0. The molecule has 6 heteroatoms. The van der Waals surface area contributed by atoms with Crippen molar-refractivity contribution in [3.05, 3.63) is 41.7 Å². The van der Waals surface area contributed by atoms with Gasteiger partial charge in [0.05, 0.1) is 7.11 Å². The Hall–Kier alpha value is -2.34. The lowest BCUT2D eigenvalue weighted by molar-refractivity contribution is 0.410. The normalized spacial score (nSPS) is 10.2. The third-order valence-electron chi connectivity index (χ3n) is 2.88. The van der Waals surface area contributed by atoms with Crippen LogP contribution in [0.2, 0.25) is 0 Å². The van der Waals surface area contributed by atoms with E-state index in [0.717, 1.165) is 30.1 Å². The third kappa shape index (κ3) is 3.58. The molecule has 1 heterocycles. The highest BCUT2D eigenvalue weighted by atomic mass is 16.5. The zero-order valence-electron chi connectivity index (χ0n) is 11.7. The minimum atomic E-state index is 0.595. The van der Waals surface area contributed by atoms with Gasteiger partial charge in [0.25, 0.3) is 0 Å². The average molecular weight is 273 g/mol. The second-order valence-electron chi connectivity index (χ2n) is 4.32. The molecule has 106 valence electrons. The number of hydrazine groups is 1. The van der Waals surface area contributed by atoms with Crippen LogP contribution in [-0.2, 0) is 6.42 Å². The number of para-hydroxylation sites is 1. The van der Waals surface area contributed by atoms with Gasteiger partial charge in [-0.25, -0.2) is 15.8 Å². The first-order valence-corrected chi connectivity index (χ1v) is 6.41. The molecule has 0 radical (unpaired) electrons. The summed E-state index contributed by atoms with van der Waals surface area (Å²) in [5.41, 5.74) is 3.68. The van der Waals surface area contributed by atoms with Gasteiger partial charge in [-0.05, 0) is 25.0 Å². The summed E-state index contributed by atoms with van der Waals surface area (Å²) in [7, 11) is 1.68. The molecular weight excluding hydrogens is 254 g/mol. The fourth-order valence-corrected chi connectivity index (χ4v) is 1.97. The van der Waals surface area contributed by atoms with Crippen LogP contribution in [0.5, 0.6) is 5.75 Å². The Bertz CT molecular complexity index is 573. The van der Waals surface area contributed by atoms with Crippen LogP contribution in [0.4, 0.5) is 11.6 Å².